The number of halogens is 2. The quantitative estimate of drug-likeness (QED) is 0.578. The molecule has 3 aromatic carbocycles. The number of amides is 1. The Balaban J connectivity index is 1.84. The summed E-state index contributed by atoms with van der Waals surface area (Å²) in [6.45, 7) is 0. The van der Waals surface area contributed by atoms with Crippen LogP contribution in [0.25, 0.3) is 0 Å². The van der Waals surface area contributed by atoms with E-state index in [1.165, 1.54) is 12.1 Å². The van der Waals surface area contributed by atoms with Gasteiger partial charge in [-0.15, -0.1) is 0 Å². The zero-order chi connectivity index (χ0) is 20.8. The molecule has 148 valence electrons. The summed E-state index contributed by atoms with van der Waals surface area (Å²) >= 11 is 5.97. The predicted octanol–water partition coefficient (Wildman–Crippen LogP) is 4.94. The van der Waals surface area contributed by atoms with Gasteiger partial charge in [0.1, 0.15) is 5.82 Å². The third-order valence-corrected chi connectivity index (χ3v) is 4.87. The van der Waals surface area contributed by atoms with Crippen LogP contribution < -0.4 is 5.32 Å². The Morgan fingerprint density at radius 1 is 0.862 bits per heavy atom. The molecule has 3 rings (SSSR count). The number of hydrogen-bond donors (Lipinski definition) is 2. The molecular weight excluding hydrogens is 393 g/mol. The first-order valence-electron chi connectivity index (χ1n) is 9.02. The summed E-state index contributed by atoms with van der Waals surface area (Å²) in [6.07, 6.45) is 0.00385. The molecule has 2 N–H and O–H groups in total. The van der Waals surface area contributed by atoms with Crippen LogP contribution in [-0.4, -0.2) is 17.0 Å². The molecule has 2 atom stereocenters. The van der Waals surface area contributed by atoms with Crippen molar-refractivity contribution in [2.75, 3.05) is 0 Å². The number of aliphatic carboxylic acids is 1. The second-order valence-corrected chi connectivity index (χ2v) is 7.05. The first kappa shape index (κ1) is 20.6. The van der Waals surface area contributed by atoms with Crippen molar-refractivity contribution in [3.8, 4) is 0 Å². The highest BCUT2D eigenvalue weighted by atomic mass is 35.5. The van der Waals surface area contributed by atoms with Gasteiger partial charge in [0.15, 0.2) is 6.04 Å². The van der Waals surface area contributed by atoms with E-state index in [4.69, 9.17) is 11.6 Å². The zero-order valence-electron chi connectivity index (χ0n) is 15.4. The monoisotopic (exact) mass is 411 g/mol. The number of hydrogen-bond acceptors (Lipinski definition) is 2. The van der Waals surface area contributed by atoms with Crippen molar-refractivity contribution in [2.45, 2.75) is 18.4 Å². The molecule has 0 aromatic heterocycles. The van der Waals surface area contributed by atoms with E-state index in [0.29, 0.717) is 10.6 Å². The summed E-state index contributed by atoms with van der Waals surface area (Å²) in [5, 5.41) is 12.7. The Morgan fingerprint density at radius 3 is 1.97 bits per heavy atom. The van der Waals surface area contributed by atoms with Crippen molar-refractivity contribution in [1.29, 1.82) is 0 Å². The SMILES string of the molecule is O=C(C[C@@H](c1ccc(F)cc1)c1ccc(Cl)cc1)N[C@H](C(=O)O)c1ccccc1. The van der Waals surface area contributed by atoms with Crippen molar-refractivity contribution in [3.63, 3.8) is 0 Å². The largest absolute Gasteiger partial charge is 0.479 e. The van der Waals surface area contributed by atoms with Gasteiger partial charge in [-0.1, -0.05) is 66.2 Å². The topological polar surface area (TPSA) is 66.4 Å². The van der Waals surface area contributed by atoms with Crippen LogP contribution in [0.4, 0.5) is 4.39 Å². The van der Waals surface area contributed by atoms with E-state index in [-0.39, 0.29) is 18.2 Å². The Bertz CT molecular complexity index is 930. The average Bonchev–Trinajstić information content (AvgIpc) is 2.72. The summed E-state index contributed by atoms with van der Waals surface area (Å²) in [6, 6.07) is 20.3. The molecule has 0 aliphatic carbocycles. The highest BCUT2D eigenvalue weighted by Crippen LogP contribution is 2.29. The van der Waals surface area contributed by atoms with Gasteiger partial charge in [-0.25, -0.2) is 9.18 Å². The van der Waals surface area contributed by atoms with Crippen molar-refractivity contribution in [1.82, 2.24) is 5.32 Å². The molecule has 3 aromatic rings. The van der Waals surface area contributed by atoms with Crippen LogP contribution in [0.2, 0.25) is 5.02 Å². The van der Waals surface area contributed by atoms with E-state index in [2.05, 4.69) is 5.32 Å². The summed E-state index contributed by atoms with van der Waals surface area (Å²) in [7, 11) is 0. The molecule has 0 unspecified atom stereocenters. The number of benzene rings is 3. The standard InChI is InChI=1S/C23H19ClFNO3/c24-18-10-6-15(7-11-18)20(16-8-12-19(25)13-9-16)14-21(27)26-22(23(28)29)17-4-2-1-3-5-17/h1-13,20,22H,14H2,(H,26,27)(H,28,29)/t20-,22+/m1/s1. The number of carbonyl (C=O) groups excluding carboxylic acids is 1. The van der Waals surface area contributed by atoms with Gasteiger partial charge in [-0.2, -0.15) is 0 Å². The average molecular weight is 412 g/mol. The highest BCUT2D eigenvalue weighted by molar-refractivity contribution is 6.30. The Kier molecular flexibility index (Phi) is 6.62. The molecule has 0 spiro atoms. The van der Waals surface area contributed by atoms with E-state index >= 15 is 0 Å². The Hall–Kier alpha value is -3.18. The van der Waals surface area contributed by atoms with Crippen LogP contribution in [0.1, 0.15) is 35.1 Å². The van der Waals surface area contributed by atoms with Crippen molar-refractivity contribution < 1.29 is 19.1 Å². The molecule has 0 aliphatic rings. The lowest BCUT2D eigenvalue weighted by Crippen LogP contribution is -2.34. The molecule has 0 saturated heterocycles. The zero-order valence-corrected chi connectivity index (χ0v) is 16.1. The molecule has 0 aliphatic heterocycles. The fourth-order valence-electron chi connectivity index (χ4n) is 3.16. The van der Waals surface area contributed by atoms with E-state index < -0.39 is 17.9 Å². The minimum atomic E-state index is -1.15. The van der Waals surface area contributed by atoms with Gasteiger partial charge in [0, 0.05) is 17.4 Å². The van der Waals surface area contributed by atoms with Gasteiger partial charge in [0.05, 0.1) is 0 Å². The molecule has 0 radical (unpaired) electrons. The molecule has 0 heterocycles. The lowest BCUT2D eigenvalue weighted by molar-refractivity contribution is -0.142. The maximum Gasteiger partial charge on any atom is 0.330 e. The summed E-state index contributed by atoms with van der Waals surface area (Å²) < 4.78 is 13.4. The van der Waals surface area contributed by atoms with E-state index in [1.807, 2.05) is 0 Å². The number of carboxylic acid groups (broad SMARTS) is 1. The fourth-order valence-corrected chi connectivity index (χ4v) is 3.28. The Labute approximate surface area is 173 Å². The van der Waals surface area contributed by atoms with Crippen LogP contribution in [0.5, 0.6) is 0 Å². The molecule has 0 fully saturated rings. The van der Waals surface area contributed by atoms with Gasteiger partial charge in [-0.05, 0) is 41.0 Å². The van der Waals surface area contributed by atoms with E-state index in [0.717, 1.165) is 11.1 Å². The lowest BCUT2D eigenvalue weighted by atomic mass is 9.88. The van der Waals surface area contributed by atoms with E-state index in [9.17, 15) is 19.1 Å². The maximum atomic E-state index is 13.4. The minimum absolute atomic E-state index is 0.00385. The van der Waals surface area contributed by atoms with Gasteiger partial charge >= 0.3 is 5.97 Å². The molecule has 4 nitrogen and oxygen atoms in total. The molecule has 6 heteroatoms. The number of carbonyl (C=O) groups is 2. The summed E-state index contributed by atoms with van der Waals surface area (Å²) in [5.41, 5.74) is 2.05. The first-order chi connectivity index (χ1) is 13.9. The normalized spacial score (nSPS) is 12.8. The first-order valence-corrected chi connectivity index (χ1v) is 9.40. The molecule has 29 heavy (non-hydrogen) atoms. The number of carboxylic acids is 1. The third-order valence-electron chi connectivity index (χ3n) is 4.62. The third kappa shape index (κ3) is 5.42. The molecule has 0 bridgehead atoms. The summed E-state index contributed by atoms with van der Waals surface area (Å²) in [4.78, 5) is 24.4. The maximum absolute atomic E-state index is 13.4. The number of rotatable bonds is 7. The van der Waals surface area contributed by atoms with Crippen molar-refractivity contribution in [2.24, 2.45) is 0 Å². The van der Waals surface area contributed by atoms with Gasteiger partial charge in [0.2, 0.25) is 5.91 Å². The van der Waals surface area contributed by atoms with Gasteiger partial charge in [-0.3, -0.25) is 4.79 Å². The van der Waals surface area contributed by atoms with Crippen LogP contribution >= 0.6 is 11.6 Å². The molecule has 1 amide bonds. The number of nitrogens with one attached hydrogen (secondary N) is 1. The Morgan fingerprint density at radius 2 is 1.41 bits per heavy atom. The van der Waals surface area contributed by atoms with Gasteiger partial charge in [0.25, 0.3) is 0 Å². The predicted molar refractivity (Wildman–Crippen MR) is 109 cm³/mol. The van der Waals surface area contributed by atoms with Crippen molar-refractivity contribution >= 4 is 23.5 Å². The van der Waals surface area contributed by atoms with Crippen LogP contribution in [0.15, 0.2) is 78.9 Å². The van der Waals surface area contributed by atoms with Crippen LogP contribution in [0, 0.1) is 5.82 Å². The highest BCUT2D eigenvalue weighted by Gasteiger charge is 2.25. The van der Waals surface area contributed by atoms with Crippen molar-refractivity contribution in [3.05, 3.63) is 106 Å². The summed E-state index contributed by atoms with van der Waals surface area (Å²) in [5.74, 6) is -2.32. The minimum Gasteiger partial charge on any atom is -0.479 e. The van der Waals surface area contributed by atoms with Gasteiger partial charge < -0.3 is 10.4 Å². The smallest absolute Gasteiger partial charge is 0.330 e. The second-order valence-electron chi connectivity index (χ2n) is 6.61. The molecule has 0 saturated carbocycles. The van der Waals surface area contributed by atoms with Crippen LogP contribution in [0.3, 0.4) is 0 Å². The van der Waals surface area contributed by atoms with E-state index in [1.54, 1.807) is 66.7 Å². The lowest BCUT2D eigenvalue weighted by Gasteiger charge is -2.20. The van der Waals surface area contributed by atoms with Crippen LogP contribution in [-0.2, 0) is 9.59 Å². The fraction of sp³-hybridized carbons (Fsp3) is 0.130. The molecular formula is C23H19ClFNO3. The second kappa shape index (κ2) is 9.34.